The Labute approximate surface area is 66.1 Å². The van der Waals surface area contributed by atoms with E-state index in [4.69, 9.17) is 0 Å². The van der Waals surface area contributed by atoms with Crippen LogP contribution < -0.4 is 5.32 Å². The fourth-order valence-electron chi connectivity index (χ4n) is 0.992. The van der Waals surface area contributed by atoms with Crippen LogP contribution in [0.5, 0.6) is 0 Å². The molecule has 1 heterocycles. The molecule has 0 aliphatic heterocycles. The Kier molecular flexibility index (Phi) is 2.90. The molecule has 1 atom stereocenters. The second-order valence-electron chi connectivity index (χ2n) is 2.20. The molecule has 0 fully saturated rings. The summed E-state index contributed by atoms with van der Waals surface area (Å²) in [6, 6.07) is 4.65. The number of hydrogen-bond donors (Lipinski definition) is 0. The molecule has 1 nitrogen and oxygen atoms in total. The summed E-state index contributed by atoms with van der Waals surface area (Å²) >= 11 is 1.79. The van der Waals surface area contributed by atoms with E-state index in [-0.39, 0.29) is 0 Å². The molecule has 2 heteroatoms. The van der Waals surface area contributed by atoms with E-state index in [1.807, 2.05) is 7.05 Å². The normalized spacial score (nSPS) is 13.4. The van der Waals surface area contributed by atoms with Crippen molar-refractivity contribution in [2.24, 2.45) is 0 Å². The maximum Gasteiger partial charge on any atom is 0.0582 e. The van der Waals surface area contributed by atoms with Crippen LogP contribution in [0.15, 0.2) is 17.5 Å². The predicted octanol–water partition coefficient (Wildman–Crippen LogP) is 2.43. The van der Waals surface area contributed by atoms with Crippen molar-refractivity contribution in [3.05, 3.63) is 22.4 Å². The first-order valence-electron chi connectivity index (χ1n) is 3.50. The minimum Gasteiger partial charge on any atom is -0.236 e. The van der Waals surface area contributed by atoms with Gasteiger partial charge in [-0.15, -0.1) is 11.3 Å². The quantitative estimate of drug-likeness (QED) is 0.635. The minimum absolute atomic E-state index is 0.431. The molecule has 1 radical (unpaired) electrons. The van der Waals surface area contributed by atoms with Gasteiger partial charge < -0.3 is 0 Å². The van der Waals surface area contributed by atoms with E-state index >= 15 is 0 Å². The van der Waals surface area contributed by atoms with Gasteiger partial charge in [-0.1, -0.05) is 13.0 Å². The van der Waals surface area contributed by atoms with Crippen LogP contribution in [0.25, 0.3) is 0 Å². The molecule has 0 amide bonds. The highest BCUT2D eigenvalue weighted by molar-refractivity contribution is 7.10. The molecule has 0 saturated heterocycles. The third kappa shape index (κ3) is 1.58. The van der Waals surface area contributed by atoms with Gasteiger partial charge in [-0.25, -0.2) is 5.32 Å². The van der Waals surface area contributed by atoms with Crippen LogP contribution in [-0.4, -0.2) is 7.05 Å². The Morgan fingerprint density at radius 1 is 1.70 bits per heavy atom. The summed E-state index contributed by atoms with van der Waals surface area (Å²) in [7, 11) is 1.88. The van der Waals surface area contributed by atoms with Crippen molar-refractivity contribution in [3.8, 4) is 0 Å². The second-order valence-corrected chi connectivity index (χ2v) is 3.18. The van der Waals surface area contributed by atoms with Gasteiger partial charge in [0.05, 0.1) is 6.04 Å². The Morgan fingerprint density at radius 2 is 2.50 bits per heavy atom. The standard InChI is InChI=1S/C8H12NS/c1-3-7(9-2)8-5-4-6-10-8/h4-7H,3H2,1-2H3. The van der Waals surface area contributed by atoms with Gasteiger partial charge in [0.25, 0.3) is 0 Å². The number of rotatable bonds is 3. The fraction of sp³-hybridized carbons (Fsp3) is 0.500. The van der Waals surface area contributed by atoms with Gasteiger partial charge in [-0.3, -0.25) is 0 Å². The molecule has 0 aromatic carbocycles. The van der Waals surface area contributed by atoms with Gasteiger partial charge in [0, 0.05) is 11.9 Å². The molecule has 1 aromatic rings. The summed E-state index contributed by atoms with van der Waals surface area (Å²) in [5.74, 6) is 0. The van der Waals surface area contributed by atoms with Gasteiger partial charge in [0.1, 0.15) is 0 Å². The van der Waals surface area contributed by atoms with E-state index in [0.29, 0.717) is 6.04 Å². The van der Waals surface area contributed by atoms with E-state index in [9.17, 15) is 0 Å². The molecule has 0 spiro atoms. The van der Waals surface area contributed by atoms with Crippen molar-refractivity contribution in [1.29, 1.82) is 0 Å². The average molecular weight is 154 g/mol. The molecule has 1 aromatic heterocycles. The zero-order chi connectivity index (χ0) is 7.40. The Morgan fingerprint density at radius 3 is 2.90 bits per heavy atom. The van der Waals surface area contributed by atoms with E-state index in [2.05, 4.69) is 29.8 Å². The van der Waals surface area contributed by atoms with Gasteiger partial charge in [-0.2, -0.15) is 0 Å². The predicted molar refractivity (Wildman–Crippen MR) is 45.4 cm³/mol. The number of nitrogens with zero attached hydrogens (tertiary/aromatic N) is 1. The zero-order valence-corrected chi connectivity index (χ0v) is 7.19. The van der Waals surface area contributed by atoms with E-state index in [1.165, 1.54) is 4.88 Å². The van der Waals surface area contributed by atoms with Crippen LogP contribution in [0, 0.1) is 0 Å². The van der Waals surface area contributed by atoms with Crippen LogP contribution in [0.2, 0.25) is 0 Å². The fourth-order valence-corrected chi connectivity index (χ4v) is 1.89. The monoisotopic (exact) mass is 154 g/mol. The molecule has 0 aliphatic carbocycles. The van der Waals surface area contributed by atoms with Crippen molar-refractivity contribution < 1.29 is 0 Å². The highest BCUT2D eigenvalue weighted by Gasteiger charge is 2.06. The Bertz CT molecular complexity index is 165. The minimum atomic E-state index is 0.431. The molecule has 10 heavy (non-hydrogen) atoms. The molecular formula is C8H12NS. The maximum absolute atomic E-state index is 4.26. The van der Waals surface area contributed by atoms with Crippen molar-refractivity contribution >= 4 is 11.3 Å². The SMILES string of the molecule is CCC([N]C)c1cccs1. The lowest BCUT2D eigenvalue weighted by Crippen LogP contribution is -2.05. The third-order valence-electron chi connectivity index (χ3n) is 1.57. The van der Waals surface area contributed by atoms with Crippen LogP contribution in [0.1, 0.15) is 24.3 Å². The molecule has 0 aliphatic rings. The van der Waals surface area contributed by atoms with Crippen molar-refractivity contribution in [1.82, 2.24) is 5.32 Å². The first kappa shape index (κ1) is 7.76. The lowest BCUT2D eigenvalue weighted by molar-refractivity contribution is 0.575. The topological polar surface area (TPSA) is 14.1 Å². The number of hydrogen-bond acceptors (Lipinski definition) is 1. The lowest BCUT2D eigenvalue weighted by atomic mass is 10.2. The van der Waals surface area contributed by atoms with Crippen LogP contribution >= 0.6 is 11.3 Å². The molecule has 0 saturated carbocycles. The molecule has 55 valence electrons. The van der Waals surface area contributed by atoms with Gasteiger partial charge >= 0.3 is 0 Å². The largest absolute Gasteiger partial charge is 0.236 e. The molecule has 0 bridgehead atoms. The first-order chi connectivity index (χ1) is 4.88. The summed E-state index contributed by atoms with van der Waals surface area (Å²) < 4.78 is 0. The van der Waals surface area contributed by atoms with Gasteiger partial charge in [0.15, 0.2) is 0 Å². The number of thiophene rings is 1. The summed E-state index contributed by atoms with van der Waals surface area (Å²) in [6.45, 7) is 2.16. The first-order valence-corrected chi connectivity index (χ1v) is 4.38. The smallest absolute Gasteiger partial charge is 0.0582 e. The molecule has 0 N–H and O–H groups in total. The maximum atomic E-state index is 4.26. The second kappa shape index (κ2) is 3.74. The zero-order valence-electron chi connectivity index (χ0n) is 6.37. The van der Waals surface area contributed by atoms with Crippen molar-refractivity contribution in [2.45, 2.75) is 19.4 Å². The Hall–Kier alpha value is -0.340. The average Bonchev–Trinajstić information content (AvgIpc) is 2.43. The lowest BCUT2D eigenvalue weighted by Gasteiger charge is -2.07. The van der Waals surface area contributed by atoms with Crippen LogP contribution in [0.3, 0.4) is 0 Å². The van der Waals surface area contributed by atoms with Crippen LogP contribution in [0.4, 0.5) is 0 Å². The van der Waals surface area contributed by atoms with Crippen LogP contribution in [-0.2, 0) is 0 Å². The summed E-state index contributed by atoms with van der Waals surface area (Å²) in [5, 5.41) is 6.36. The van der Waals surface area contributed by atoms with Crippen molar-refractivity contribution in [3.63, 3.8) is 0 Å². The van der Waals surface area contributed by atoms with Gasteiger partial charge in [0.2, 0.25) is 0 Å². The van der Waals surface area contributed by atoms with E-state index < -0.39 is 0 Å². The Balaban J connectivity index is 2.64. The third-order valence-corrected chi connectivity index (χ3v) is 2.54. The summed E-state index contributed by atoms with van der Waals surface area (Å²) in [6.07, 6.45) is 1.11. The molecule has 1 unspecified atom stereocenters. The molecule has 1 rings (SSSR count). The van der Waals surface area contributed by atoms with E-state index in [1.54, 1.807) is 11.3 Å². The molecular weight excluding hydrogens is 142 g/mol. The van der Waals surface area contributed by atoms with Crippen molar-refractivity contribution in [2.75, 3.05) is 7.05 Å². The highest BCUT2D eigenvalue weighted by atomic mass is 32.1. The summed E-state index contributed by atoms with van der Waals surface area (Å²) in [4.78, 5) is 1.38. The van der Waals surface area contributed by atoms with Gasteiger partial charge in [-0.05, 0) is 17.9 Å². The summed E-state index contributed by atoms with van der Waals surface area (Å²) in [5.41, 5.74) is 0. The highest BCUT2D eigenvalue weighted by Crippen LogP contribution is 2.21. The van der Waals surface area contributed by atoms with E-state index in [0.717, 1.165) is 6.42 Å².